The summed E-state index contributed by atoms with van der Waals surface area (Å²) < 4.78 is 135. The van der Waals surface area contributed by atoms with Crippen LogP contribution in [-0.4, -0.2) is 52.1 Å². The Morgan fingerprint density at radius 1 is 0.605 bits per heavy atom. The van der Waals surface area contributed by atoms with Gasteiger partial charge in [-0.2, -0.15) is 43.2 Å². The Bertz CT molecular complexity index is 1340. The largest absolute Gasteiger partial charge is 0.437 e. The lowest BCUT2D eigenvalue weighted by Crippen LogP contribution is -2.25. The van der Waals surface area contributed by atoms with Gasteiger partial charge in [-0.15, -0.1) is 0 Å². The van der Waals surface area contributed by atoms with Gasteiger partial charge in [0.25, 0.3) is 0 Å². The molecule has 0 aliphatic carbocycles. The first kappa shape index (κ1) is 36.1. The van der Waals surface area contributed by atoms with E-state index in [0.29, 0.717) is 25.7 Å². The number of aryl methyl sites for hydroxylation is 2. The molecule has 43 heavy (non-hydrogen) atoms. The lowest BCUT2D eigenvalue weighted by atomic mass is 10.0. The number of oxime groups is 2. The Labute approximate surface area is 247 Å². The third-order valence-corrected chi connectivity index (χ3v) is 8.23. The minimum Gasteiger partial charge on any atom is -0.268 e. The van der Waals surface area contributed by atoms with Crippen LogP contribution in [0.4, 0.5) is 26.3 Å². The minimum atomic E-state index is -4.94. The fourth-order valence-electron chi connectivity index (χ4n) is 3.79. The van der Waals surface area contributed by atoms with E-state index in [4.69, 9.17) is 0 Å². The summed E-state index contributed by atoms with van der Waals surface area (Å²) >= 11 is 0. The third-order valence-electron chi connectivity index (χ3n) is 5.82. The average Bonchev–Trinajstić information content (AvgIpc) is 2.88. The topological polar surface area (TPSA) is 111 Å². The van der Waals surface area contributed by atoms with Gasteiger partial charge in [-0.3, -0.25) is 8.57 Å². The summed E-state index contributed by atoms with van der Waals surface area (Å²) in [6.45, 7) is 3.06. The highest BCUT2D eigenvalue weighted by molar-refractivity contribution is 7.86. The van der Waals surface area contributed by atoms with E-state index in [1.807, 2.05) is 0 Å². The molecule has 0 bridgehead atoms. The molecule has 0 saturated carbocycles. The number of rotatable bonds is 16. The summed E-state index contributed by atoms with van der Waals surface area (Å²) in [4.78, 5) is 0. The molecule has 0 heterocycles. The number of alkyl halides is 6. The Kier molecular flexibility index (Phi) is 13.0. The van der Waals surface area contributed by atoms with Crippen molar-refractivity contribution < 1.29 is 51.7 Å². The van der Waals surface area contributed by atoms with E-state index >= 15 is 0 Å². The van der Waals surface area contributed by atoms with Gasteiger partial charge in [0, 0.05) is 11.1 Å². The van der Waals surface area contributed by atoms with Crippen LogP contribution in [0.1, 0.15) is 68.2 Å². The number of benzene rings is 2. The van der Waals surface area contributed by atoms with Crippen LogP contribution in [0, 0.1) is 0 Å². The number of halogens is 6. The van der Waals surface area contributed by atoms with Gasteiger partial charge in [-0.1, -0.05) is 79.1 Å². The minimum absolute atomic E-state index is 0.156. The summed E-state index contributed by atoms with van der Waals surface area (Å²) in [5.41, 5.74) is -2.13. The highest BCUT2D eigenvalue weighted by atomic mass is 32.2. The van der Waals surface area contributed by atoms with E-state index in [0.717, 1.165) is 17.5 Å². The van der Waals surface area contributed by atoms with E-state index in [2.05, 4.69) is 18.9 Å². The maximum atomic E-state index is 13.4. The highest BCUT2D eigenvalue weighted by Crippen LogP contribution is 2.25. The Morgan fingerprint density at radius 3 is 1.21 bits per heavy atom. The lowest BCUT2D eigenvalue weighted by Gasteiger charge is -2.11. The quantitative estimate of drug-likeness (QED) is 0.0861. The number of nitrogens with zero attached hydrogens (tertiary/aromatic N) is 2. The molecule has 0 aromatic heterocycles. The van der Waals surface area contributed by atoms with Crippen LogP contribution in [0.5, 0.6) is 0 Å². The fraction of sp³-hybridized carbons (Fsp3) is 0.481. The molecule has 0 spiro atoms. The summed E-state index contributed by atoms with van der Waals surface area (Å²) in [6.07, 6.45) is -6.38. The van der Waals surface area contributed by atoms with E-state index in [1.54, 1.807) is 0 Å². The summed E-state index contributed by atoms with van der Waals surface area (Å²) in [5.74, 6) is -0.939. The third kappa shape index (κ3) is 12.6. The fourth-order valence-corrected chi connectivity index (χ4v) is 5.32. The molecule has 0 radical (unpaired) electrons. The molecule has 16 heteroatoms. The predicted molar refractivity (Wildman–Crippen MR) is 150 cm³/mol. The van der Waals surface area contributed by atoms with Crippen LogP contribution in [-0.2, 0) is 41.6 Å². The Morgan fingerprint density at radius 2 is 0.930 bits per heavy atom. The van der Waals surface area contributed by atoms with Crippen LogP contribution in [0.2, 0.25) is 0 Å². The number of hydrogen-bond donors (Lipinski definition) is 0. The summed E-state index contributed by atoms with van der Waals surface area (Å²) in [6, 6.07) is 10.6. The molecule has 240 valence electrons. The lowest BCUT2D eigenvalue weighted by molar-refractivity contribution is -0.0606. The van der Waals surface area contributed by atoms with Crippen molar-refractivity contribution >= 4 is 31.7 Å². The van der Waals surface area contributed by atoms with Crippen molar-refractivity contribution in [3.8, 4) is 0 Å². The smallest absolute Gasteiger partial charge is 0.268 e. The zero-order chi connectivity index (χ0) is 32.3. The highest BCUT2D eigenvalue weighted by Gasteiger charge is 2.39. The van der Waals surface area contributed by atoms with E-state index < -0.39 is 55.5 Å². The van der Waals surface area contributed by atoms with Crippen LogP contribution < -0.4 is 0 Å². The van der Waals surface area contributed by atoms with E-state index in [9.17, 15) is 43.2 Å². The molecule has 0 unspecified atom stereocenters. The molecule has 0 saturated heterocycles. The van der Waals surface area contributed by atoms with Gasteiger partial charge >= 0.3 is 32.6 Å². The summed E-state index contributed by atoms with van der Waals surface area (Å²) in [5, 5.41) is 5.73. The van der Waals surface area contributed by atoms with Crippen molar-refractivity contribution in [3.05, 3.63) is 70.8 Å². The second kappa shape index (κ2) is 15.5. The van der Waals surface area contributed by atoms with Crippen molar-refractivity contribution in [1.29, 1.82) is 0 Å². The molecular formula is C27H32F6N2O6S2. The Hall–Kier alpha value is -3.14. The van der Waals surface area contributed by atoms with Gasteiger partial charge in [-0.05, 0) is 49.7 Å². The van der Waals surface area contributed by atoms with Gasteiger partial charge in [0.1, 0.15) is 0 Å². The van der Waals surface area contributed by atoms with Crippen molar-refractivity contribution in [2.45, 2.75) is 71.1 Å². The first-order valence-corrected chi connectivity index (χ1v) is 16.4. The second-order valence-corrected chi connectivity index (χ2v) is 12.8. The van der Waals surface area contributed by atoms with Gasteiger partial charge in [0.05, 0.1) is 11.5 Å². The molecule has 2 aromatic carbocycles. The summed E-state index contributed by atoms with van der Waals surface area (Å²) in [7, 11) is -8.45. The standard InChI is InChI=1S/C27H32F6N2O6S2/c1-3-18-42(36,37)40-34-24(26(28,29)30)22-14-10-20(11-15-22)8-6-5-7-9-21-12-16-23(17-13-21)25(27(31,32)33)35-41-43(38,39)19-4-2/h10-17H,3-9,18-19H2,1-2H3. The molecule has 2 rings (SSSR count). The number of hydrogen-bond acceptors (Lipinski definition) is 8. The number of unbranched alkanes of at least 4 members (excludes halogenated alkanes) is 2. The molecule has 0 N–H and O–H groups in total. The maximum Gasteiger partial charge on any atom is 0.437 e. The van der Waals surface area contributed by atoms with Crippen molar-refractivity contribution in [3.63, 3.8) is 0 Å². The van der Waals surface area contributed by atoms with Crippen LogP contribution in [0.25, 0.3) is 0 Å². The molecule has 0 fully saturated rings. The van der Waals surface area contributed by atoms with Gasteiger partial charge in [0.2, 0.25) is 0 Å². The van der Waals surface area contributed by atoms with Crippen LogP contribution in [0.3, 0.4) is 0 Å². The molecule has 0 aliphatic heterocycles. The normalized spacial score (nSPS) is 13.7. The van der Waals surface area contributed by atoms with Crippen molar-refractivity contribution in [2.24, 2.45) is 10.3 Å². The first-order valence-electron chi connectivity index (χ1n) is 13.3. The van der Waals surface area contributed by atoms with Crippen LogP contribution >= 0.6 is 0 Å². The monoisotopic (exact) mass is 658 g/mol. The predicted octanol–water partition coefficient (Wildman–Crippen LogP) is 6.69. The Balaban J connectivity index is 1.93. The average molecular weight is 659 g/mol. The van der Waals surface area contributed by atoms with Crippen molar-refractivity contribution in [2.75, 3.05) is 11.5 Å². The van der Waals surface area contributed by atoms with Crippen molar-refractivity contribution in [1.82, 2.24) is 0 Å². The molecule has 0 aliphatic rings. The molecule has 0 atom stereocenters. The zero-order valence-corrected chi connectivity index (χ0v) is 25.0. The molecule has 0 amide bonds. The van der Waals surface area contributed by atoms with E-state index in [1.165, 1.54) is 62.4 Å². The zero-order valence-electron chi connectivity index (χ0n) is 23.4. The van der Waals surface area contributed by atoms with Gasteiger partial charge in [0.15, 0.2) is 11.4 Å². The van der Waals surface area contributed by atoms with Gasteiger partial charge in [-0.25, -0.2) is 0 Å². The molecule has 8 nitrogen and oxygen atoms in total. The SMILES string of the molecule is CCCS(=O)(=O)ON=C(c1ccc(CCCCCc2ccc(C(=NOS(=O)(=O)CCC)C(F)(F)F)cc2)cc1)C(F)(F)F. The van der Waals surface area contributed by atoms with E-state index in [-0.39, 0.29) is 24.0 Å². The van der Waals surface area contributed by atoms with Crippen LogP contribution in [0.15, 0.2) is 58.8 Å². The molecular weight excluding hydrogens is 626 g/mol. The second-order valence-electron chi connectivity index (χ2n) is 9.50. The maximum absolute atomic E-state index is 13.4. The molecule has 2 aromatic rings. The first-order chi connectivity index (χ1) is 20.0. The van der Waals surface area contributed by atoms with Gasteiger partial charge < -0.3 is 0 Å².